The molecule has 0 bridgehead atoms. The van der Waals surface area contributed by atoms with E-state index in [1.54, 1.807) is 10.8 Å². The number of rotatable bonds is 3. The summed E-state index contributed by atoms with van der Waals surface area (Å²) in [6.45, 7) is 1.50. The van der Waals surface area contributed by atoms with Gasteiger partial charge in [-0.1, -0.05) is 18.2 Å². The van der Waals surface area contributed by atoms with E-state index in [0.29, 0.717) is 5.56 Å². The van der Waals surface area contributed by atoms with Crippen molar-refractivity contribution in [3.05, 3.63) is 58.9 Å². The number of halogens is 5. The van der Waals surface area contributed by atoms with E-state index >= 15 is 0 Å². The van der Waals surface area contributed by atoms with Gasteiger partial charge in [0.05, 0.1) is 5.69 Å². The summed E-state index contributed by atoms with van der Waals surface area (Å²) in [6, 6.07) is 5.78. The third-order valence-electron chi connectivity index (χ3n) is 2.83. The van der Waals surface area contributed by atoms with Crippen LogP contribution in [0.25, 0.3) is 0 Å². The van der Waals surface area contributed by atoms with E-state index in [-0.39, 0.29) is 5.69 Å². The quantitative estimate of drug-likeness (QED) is 0.529. The Morgan fingerprint density at radius 3 is 1.77 bits per heavy atom. The Morgan fingerprint density at radius 1 is 0.818 bits per heavy atom. The molecule has 0 fully saturated rings. The number of hydrogen-bond donors (Lipinski definition) is 1. The average Bonchev–Trinajstić information content (AvgIpc) is 2.45. The molecule has 0 aliphatic rings. The first kappa shape index (κ1) is 16.2. The van der Waals surface area contributed by atoms with Crippen LogP contribution in [0.3, 0.4) is 0 Å². The number of sulfonamides is 1. The lowest BCUT2D eigenvalue weighted by molar-refractivity contribution is 0.358. The van der Waals surface area contributed by atoms with Crippen LogP contribution in [0.15, 0.2) is 29.2 Å². The molecule has 0 radical (unpaired) electrons. The molecule has 3 nitrogen and oxygen atoms in total. The summed E-state index contributed by atoms with van der Waals surface area (Å²) in [5, 5.41) is 0. The minimum absolute atomic E-state index is 0.0496. The number of para-hydroxylation sites is 1. The SMILES string of the molecule is Cc1ccccc1NS(=O)(=O)c1c(F)c(F)c(F)c(F)c1F. The molecule has 0 atom stereocenters. The molecule has 0 saturated carbocycles. The Labute approximate surface area is 122 Å². The van der Waals surface area contributed by atoms with Crippen molar-refractivity contribution >= 4 is 15.7 Å². The summed E-state index contributed by atoms with van der Waals surface area (Å²) in [4.78, 5) is -1.92. The lowest BCUT2D eigenvalue weighted by atomic mass is 10.2. The highest BCUT2D eigenvalue weighted by Gasteiger charge is 2.33. The summed E-state index contributed by atoms with van der Waals surface area (Å²) in [5.41, 5.74) is 0.349. The Bertz CT molecular complexity index is 823. The van der Waals surface area contributed by atoms with Crippen LogP contribution in [0, 0.1) is 36.0 Å². The molecule has 9 heteroatoms. The van der Waals surface area contributed by atoms with Crippen LogP contribution in [0.2, 0.25) is 0 Å². The second-order valence-electron chi connectivity index (χ2n) is 4.32. The molecule has 22 heavy (non-hydrogen) atoms. The van der Waals surface area contributed by atoms with E-state index in [4.69, 9.17) is 0 Å². The van der Waals surface area contributed by atoms with Gasteiger partial charge in [-0.05, 0) is 18.6 Å². The molecule has 0 spiro atoms. The first-order valence-corrected chi connectivity index (χ1v) is 7.25. The van der Waals surface area contributed by atoms with Crippen molar-refractivity contribution < 1.29 is 30.4 Å². The van der Waals surface area contributed by atoms with Crippen LogP contribution in [-0.2, 0) is 10.0 Å². The Kier molecular flexibility index (Phi) is 4.10. The molecule has 0 unspecified atom stereocenters. The molecule has 118 valence electrons. The average molecular weight is 337 g/mol. The maximum Gasteiger partial charge on any atom is 0.268 e. The van der Waals surface area contributed by atoms with E-state index in [1.807, 2.05) is 0 Å². The third kappa shape index (κ3) is 2.63. The minimum atomic E-state index is -5.01. The second kappa shape index (κ2) is 5.56. The van der Waals surface area contributed by atoms with Crippen LogP contribution in [0.1, 0.15) is 5.56 Å². The van der Waals surface area contributed by atoms with Gasteiger partial charge in [0.15, 0.2) is 28.2 Å². The molecule has 0 aliphatic carbocycles. The highest BCUT2D eigenvalue weighted by Crippen LogP contribution is 2.28. The fraction of sp³-hybridized carbons (Fsp3) is 0.0769. The zero-order chi connectivity index (χ0) is 16.7. The zero-order valence-electron chi connectivity index (χ0n) is 10.9. The van der Waals surface area contributed by atoms with Gasteiger partial charge in [0.2, 0.25) is 5.82 Å². The van der Waals surface area contributed by atoms with Crippen molar-refractivity contribution in [2.24, 2.45) is 0 Å². The van der Waals surface area contributed by atoms with E-state index in [9.17, 15) is 30.4 Å². The first-order valence-electron chi connectivity index (χ1n) is 5.76. The maximum absolute atomic E-state index is 13.6. The Balaban J connectivity index is 2.63. The molecule has 0 amide bonds. The van der Waals surface area contributed by atoms with Crippen LogP contribution < -0.4 is 4.72 Å². The summed E-state index contributed by atoms with van der Waals surface area (Å²) < 4.78 is 92.0. The van der Waals surface area contributed by atoms with Crippen molar-refractivity contribution in [2.75, 3.05) is 4.72 Å². The van der Waals surface area contributed by atoms with Gasteiger partial charge in [-0.15, -0.1) is 0 Å². The minimum Gasteiger partial charge on any atom is -0.279 e. The molecule has 0 aromatic heterocycles. The number of nitrogens with one attached hydrogen (secondary N) is 1. The predicted octanol–water partition coefficient (Wildman–Crippen LogP) is 3.49. The number of benzene rings is 2. The summed E-state index contributed by atoms with van der Waals surface area (Å²) >= 11 is 0. The number of hydrogen-bond acceptors (Lipinski definition) is 2. The van der Waals surface area contributed by atoms with Crippen molar-refractivity contribution in [3.63, 3.8) is 0 Å². The molecule has 0 saturated heterocycles. The molecule has 1 N–H and O–H groups in total. The highest BCUT2D eigenvalue weighted by atomic mass is 32.2. The van der Waals surface area contributed by atoms with Gasteiger partial charge in [0.1, 0.15) is 0 Å². The molecule has 2 rings (SSSR count). The van der Waals surface area contributed by atoms with Gasteiger partial charge in [-0.25, -0.2) is 30.4 Å². The third-order valence-corrected chi connectivity index (χ3v) is 4.21. The van der Waals surface area contributed by atoms with E-state index in [2.05, 4.69) is 0 Å². The van der Waals surface area contributed by atoms with Crippen molar-refractivity contribution in [3.8, 4) is 0 Å². The van der Waals surface area contributed by atoms with Gasteiger partial charge in [0.25, 0.3) is 10.0 Å². The van der Waals surface area contributed by atoms with E-state index in [1.165, 1.54) is 25.1 Å². The molecular weight excluding hydrogens is 329 g/mol. The zero-order valence-corrected chi connectivity index (χ0v) is 11.7. The van der Waals surface area contributed by atoms with Crippen LogP contribution in [0.4, 0.5) is 27.6 Å². The normalized spacial score (nSPS) is 11.5. The fourth-order valence-corrected chi connectivity index (χ4v) is 2.98. The molecule has 0 aliphatic heterocycles. The monoisotopic (exact) mass is 337 g/mol. The summed E-state index contributed by atoms with van der Waals surface area (Å²) in [5.74, 6) is -11.9. The van der Waals surface area contributed by atoms with E-state index < -0.39 is 44.0 Å². The van der Waals surface area contributed by atoms with Crippen LogP contribution >= 0.6 is 0 Å². The maximum atomic E-state index is 13.6. The molecule has 2 aromatic rings. The van der Waals surface area contributed by atoms with Gasteiger partial charge in [-0.2, -0.15) is 0 Å². The van der Waals surface area contributed by atoms with Gasteiger partial charge < -0.3 is 0 Å². The van der Waals surface area contributed by atoms with E-state index in [0.717, 1.165) is 0 Å². The topological polar surface area (TPSA) is 46.2 Å². The van der Waals surface area contributed by atoms with Gasteiger partial charge in [0, 0.05) is 0 Å². The number of anilines is 1. The fourth-order valence-electron chi connectivity index (χ4n) is 1.70. The Hall–Kier alpha value is -2.16. The smallest absolute Gasteiger partial charge is 0.268 e. The molecule has 0 heterocycles. The predicted molar refractivity (Wildman–Crippen MR) is 68.2 cm³/mol. The summed E-state index contributed by atoms with van der Waals surface area (Å²) in [7, 11) is -5.01. The molecular formula is C13H8F5NO2S. The highest BCUT2D eigenvalue weighted by molar-refractivity contribution is 7.92. The summed E-state index contributed by atoms with van der Waals surface area (Å²) in [6.07, 6.45) is 0. The van der Waals surface area contributed by atoms with Crippen molar-refractivity contribution in [2.45, 2.75) is 11.8 Å². The van der Waals surface area contributed by atoms with Crippen LogP contribution in [-0.4, -0.2) is 8.42 Å². The number of aryl methyl sites for hydroxylation is 1. The molecule has 2 aromatic carbocycles. The largest absolute Gasteiger partial charge is 0.279 e. The van der Waals surface area contributed by atoms with Gasteiger partial charge in [-0.3, -0.25) is 4.72 Å². The Morgan fingerprint density at radius 2 is 1.27 bits per heavy atom. The second-order valence-corrected chi connectivity index (χ2v) is 5.94. The van der Waals surface area contributed by atoms with Crippen LogP contribution in [0.5, 0.6) is 0 Å². The van der Waals surface area contributed by atoms with Gasteiger partial charge >= 0.3 is 0 Å². The van der Waals surface area contributed by atoms with Crippen molar-refractivity contribution in [1.29, 1.82) is 0 Å². The van der Waals surface area contributed by atoms with Crippen molar-refractivity contribution in [1.82, 2.24) is 0 Å². The lowest BCUT2D eigenvalue weighted by Crippen LogP contribution is -2.20. The lowest BCUT2D eigenvalue weighted by Gasteiger charge is -2.12. The first-order chi connectivity index (χ1) is 10.2. The standard InChI is InChI=1S/C13H8F5NO2S/c1-6-4-2-3-5-7(6)19-22(20,21)13-11(17)9(15)8(14)10(16)12(13)18/h2-5,19H,1H3.